The normalized spacial score (nSPS) is 14.8. The Morgan fingerprint density at radius 3 is 1.42 bits per heavy atom. The molecule has 0 radical (unpaired) electrons. The van der Waals surface area contributed by atoms with Crippen LogP contribution in [0.25, 0.3) is 83.1 Å². The molecule has 382 valence electrons. The highest BCUT2D eigenvalue weighted by Gasteiger charge is 2.52. The highest BCUT2D eigenvalue weighted by Crippen LogP contribution is 2.64. The van der Waals surface area contributed by atoms with Crippen molar-refractivity contribution >= 4 is 38.9 Å². The van der Waals surface area contributed by atoms with Crippen LogP contribution in [0.1, 0.15) is 81.7 Å². The van der Waals surface area contributed by atoms with E-state index >= 15 is 0 Å². The van der Waals surface area contributed by atoms with Gasteiger partial charge in [-0.25, -0.2) is 0 Å². The number of hydrogen-bond donors (Lipinski definition) is 0. The number of anilines is 3. The highest BCUT2D eigenvalue weighted by molar-refractivity contribution is 6.10. The molecule has 2 nitrogen and oxygen atoms in total. The smallest absolute Gasteiger partial charge is 0.0726 e. The van der Waals surface area contributed by atoms with Gasteiger partial charge in [0.2, 0.25) is 0 Å². The molecule has 2 heteroatoms. The summed E-state index contributed by atoms with van der Waals surface area (Å²) in [5.41, 5.74) is 25.9. The number of nitrogens with zero attached hydrogens (tertiary/aromatic N) is 2. The highest BCUT2D eigenvalue weighted by atomic mass is 15.1. The Morgan fingerprint density at radius 1 is 0.354 bits per heavy atom. The fraction of sp³-hybridized carbons (Fsp3) is 0.143. The number of fused-ring (bicyclic) bond motifs is 13. The van der Waals surface area contributed by atoms with E-state index in [0.29, 0.717) is 5.92 Å². The average Bonchev–Trinajstić information content (AvgIpc) is 2.66. The van der Waals surface area contributed by atoms with Crippen LogP contribution in [-0.4, -0.2) is 4.57 Å². The molecule has 1 spiro atoms. The van der Waals surface area contributed by atoms with E-state index in [4.69, 9.17) is 0 Å². The number of aromatic nitrogens is 1. The van der Waals surface area contributed by atoms with Crippen LogP contribution < -0.4 is 4.90 Å². The molecule has 0 N–H and O–H groups in total. The maximum Gasteiger partial charge on any atom is 0.0726 e. The molecule has 12 aromatic rings. The summed E-state index contributed by atoms with van der Waals surface area (Å²) in [5.74, 6) is 0.454. The van der Waals surface area contributed by atoms with Crippen LogP contribution >= 0.6 is 0 Å². The molecule has 0 aliphatic heterocycles. The Labute approximate surface area is 465 Å². The molecule has 0 saturated heterocycles. The Balaban J connectivity index is 0.907. The third kappa shape index (κ3) is 8.07. The molecule has 0 fully saturated rings. The van der Waals surface area contributed by atoms with Gasteiger partial charge in [-0.05, 0) is 179 Å². The summed E-state index contributed by atoms with van der Waals surface area (Å²) in [4.78, 5) is 2.45. The largest absolute Gasteiger partial charge is 0.310 e. The van der Waals surface area contributed by atoms with Crippen molar-refractivity contribution in [2.24, 2.45) is 10.8 Å². The van der Waals surface area contributed by atoms with Crippen LogP contribution in [0.4, 0.5) is 17.1 Å². The minimum absolute atomic E-state index is 0.149. The van der Waals surface area contributed by atoms with Gasteiger partial charge in [-0.1, -0.05) is 230 Å². The van der Waals surface area contributed by atoms with E-state index in [1.807, 2.05) is 0 Å². The summed E-state index contributed by atoms with van der Waals surface area (Å²) in [6.07, 6.45) is 1.14. The second kappa shape index (κ2) is 18.6. The van der Waals surface area contributed by atoms with Crippen LogP contribution in [0.2, 0.25) is 0 Å². The lowest BCUT2D eigenvalue weighted by Gasteiger charge is -2.36. The number of benzene rings is 11. The van der Waals surface area contributed by atoms with Gasteiger partial charge in [0.15, 0.2) is 0 Å². The summed E-state index contributed by atoms with van der Waals surface area (Å²) in [6.45, 7) is 14.3. The van der Waals surface area contributed by atoms with E-state index < -0.39 is 5.41 Å². The molecule has 0 saturated carbocycles. The molecule has 2 unspecified atom stereocenters. The van der Waals surface area contributed by atoms with Crippen LogP contribution in [0.3, 0.4) is 0 Å². The fourth-order valence-electron chi connectivity index (χ4n) is 13.6. The molecule has 79 heavy (non-hydrogen) atoms. The molecule has 2 atom stereocenters. The minimum Gasteiger partial charge on any atom is -0.310 e. The van der Waals surface area contributed by atoms with E-state index in [2.05, 4.69) is 312 Å². The molecule has 0 amide bonds. The average molecular weight is 1020 g/mol. The first kappa shape index (κ1) is 48.4. The lowest BCUT2D eigenvalue weighted by molar-refractivity contribution is 0.229. The Hall–Kier alpha value is -8.98. The van der Waals surface area contributed by atoms with E-state index in [1.54, 1.807) is 0 Å². The van der Waals surface area contributed by atoms with Gasteiger partial charge in [0.1, 0.15) is 0 Å². The summed E-state index contributed by atoms with van der Waals surface area (Å²) in [7, 11) is 0. The van der Waals surface area contributed by atoms with Crippen LogP contribution in [0, 0.1) is 10.8 Å². The zero-order valence-electron chi connectivity index (χ0n) is 46.0. The zero-order chi connectivity index (χ0) is 53.6. The fourth-order valence-corrected chi connectivity index (χ4v) is 13.6. The second-order valence-electron chi connectivity index (χ2n) is 24.4. The predicted octanol–water partition coefficient (Wildman–Crippen LogP) is 21.2. The topological polar surface area (TPSA) is 8.17 Å². The SMILES string of the molecule is CC(C)(C)CC(c1ccc(-c2ccc3c(c2)C2(c4ccccc4-3)c3ccccc3-c3ccc(N(c4ccc(-c5ccccc5)cc4)c4ccc(-c5ccc6c(c5)c5ccccc5n6-c5ccccc5)cc4)cc32)cc1)C(C)(C)C. The molecule has 2 aliphatic rings. The van der Waals surface area contributed by atoms with Crippen LogP contribution in [0.15, 0.2) is 261 Å². The maximum atomic E-state index is 2.52. The third-order valence-corrected chi connectivity index (χ3v) is 17.2. The van der Waals surface area contributed by atoms with Crippen LogP contribution in [0.5, 0.6) is 0 Å². The van der Waals surface area contributed by atoms with E-state index in [1.165, 1.54) is 105 Å². The van der Waals surface area contributed by atoms with Crippen molar-refractivity contribution in [3.63, 3.8) is 0 Å². The summed E-state index contributed by atoms with van der Waals surface area (Å²) in [6, 6.07) is 97.8. The van der Waals surface area contributed by atoms with Crippen molar-refractivity contribution in [3.05, 3.63) is 289 Å². The molecule has 11 aromatic carbocycles. The first-order valence-electron chi connectivity index (χ1n) is 28.2. The first-order valence-corrected chi connectivity index (χ1v) is 28.2. The molecule has 1 heterocycles. The van der Waals surface area contributed by atoms with Crippen molar-refractivity contribution in [2.75, 3.05) is 4.90 Å². The molecule has 0 bridgehead atoms. The third-order valence-electron chi connectivity index (χ3n) is 17.2. The van der Waals surface area contributed by atoms with Gasteiger partial charge in [-0.15, -0.1) is 0 Å². The van der Waals surface area contributed by atoms with Crippen molar-refractivity contribution in [1.82, 2.24) is 4.57 Å². The molecule has 2 aliphatic carbocycles. The first-order chi connectivity index (χ1) is 38.4. The summed E-state index contributed by atoms with van der Waals surface area (Å²) < 4.78 is 2.38. The Morgan fingerprint density at radius 2 is 0.797 bits per heavy atom. The molecule has 14 rings (SSSR count). The van der Waals surface area contributed by atoms with E-state index in [-0.39, 0.29) is 10.8 Å². The lowest BCUT2D eigenvalue weighted by Crippen LogP contribution is -2.26. The van der Waals surface area contributed by atoms with Gasteiger partial charge in [0.05, 0.1) is 16.4 Å². The monoisotopic (exact) mass is 1020 g/mol. The van der Waals surface area contributed by atoms with Crippen LogP contribution in [-0.2, 0) is 5.41 Å². The van der Waals surface area contributed by atoms with Crippen molar-refractivity contribution < 1.29 is 0 Å². The molecular formula is C77H64N2. The van der Waals surface area contributed by atoms with E-state index in [9.17, 15) is 0 Å². The van der Waals surface area contributed by atoms with Gasteiger partial charge in [0, 0.05) is 33.5 Å². The van der Waals surface area contributed by atoms with Crippen molar-refractivity contribution in [1.29, 1.82) is 0 Å². The lowest BCUT2D eigenvalue weighted by atomic mass is 9.69. The summed E-state index contributed by atoms with van der Waals surface area (Å²) in [5, 5.41) is 2.50. The standard InChI is InChI=1S/C77H64N2/c1-75(2,3)50-72(76(4,5)6)55-31-29-53(30-32-55)57-37-44-64-62-23-13-16-26-68(62)77(70(64)48-57)69-27-17-14-24-63(69)65-45-43-61(49-71(65)77)78(59-39-33-52(34-40-59)51-19-9-7-10-20-51)60-41-35-54(36-42-60)56-38-46-74-67(47-56)66-25-15-18-28-73(66)79(74)58-21-11-8-12-22-58/h7-49,72H,50H2,1-6H3. The van der Waals surface area contributed by atoms with Gasteiger partial charge in [-0.3, -0.25) is 0 Å². The minimum atomic E-state index is -0.539. The number of hydrogen-bond acceptors (Lipinski definition) is 1. The second-order valence-corrected chi connectivity index (χ2v) is 24.4. The van der Waals surface area contributed by atoms with Gasteiger partial charge < -0.3 is 9.47 Å². The Kier molecular flexibility index (Phi) is 11.4. The number of rotatable bonds is 9. The Bertz CT molecular complexity index is 4250. The van der Waals surface area contributed by atoms with Crippen molar-refractivity contribution in [3.8, 4) is 61.3 Å². The molecular weight excluding hydrogens is 953 g/mol. The van der Waals surface area contributed by atoms with Gasteiger partial charge >= 0.3 is 0 Å². The molecule has 1 aromatic heterocycles. The van der Waals surface area contributed by atoms with Crippen molar-refractivity contribution in [2.45, 2.75) is 59.3 Å². The maximum absolute atomic E-state index is 2.52. The van der Waals surface area contributed by atoms with E-state index in [0.717, 1.165) is 29.2 Å². The quantitative estimate of drug-likeness (QED) is 0.140. The number of para-hydroxylation sites is 2. The van der Waals surface area contributed by atoms with Gasteiger partial charge in [-0.2, -0.15) is 0 Å². The summed E-state index contributed by atoms with van der Waals surface area (Å²) >= 11 is 0. The zero-order valence-corrected chi connectivity index (χ0v) is 46.0. The predicted molar refractivity (Wildman–Crippen MR) is 334 cm³/mol. The van der Waals surface area contributed by atoms with Gasteiger partial charge in [0.25, 0.3) is 0 Å².